The first-order valence-electron chi connectivity index (χ1n) is 4.66. The van der Waals surface area contributed by atoms with E-state index in [4.69, 9.17) is 0 Å². The molecular weight excluding hydrogens is 194 g/mol. The molecule has 0 heterocycles. The molecule has 15 heavy (non-hydrogen) atoms. The number of nitroso groups, excluding NO2 is 1. The molecule has 0 bridgehead atoms. The van der Waals surface area contributed by atoms with Gasteiger partial charge in [0, 0.05) is 19.2 Å². The van der Waals surface area contributed by atoms with Gasteiger partial charge in [-0.25, -0.2) is 0 Å². The number of carbonyl (C=O) groups is 1. The Morgan fingerprint density at radius 3 is 2.73 bits per heavy atom. The Hall–Kier alpha value is -1.91. The Morgan fingerprint density at radius 2 is 2.20 bits per heavy atom. The van der Waals surface area contributed by atoms with Gasteiger partial charge in [-0.3, -0.25) is 4.79 Å². The number of nitrogens with zero attached hydrogens (tertiary/aromatic N) is 1. The van der Waals surface area contributed by atoms with Crippen LogP contribution in [0.5, 0.6) is 0 Å². The topological polar surface area (TPSA) is 70.6 Å². The fourth-order valence-electron chi connectivity index (χ4n) is 1.23. The van der Waals surface area contributed by atoms with Gasteiger partial charge in [-0.2, -0.15) is 0 Å². The quantitative estimate of drug-likeness (QED) is 0.745. The average molecular weight is 207 g/mol. The Labute approximate surface area is 87.8 Å². The van der Waals surface area contributed by atoms with E-state index in [1.54, 1.807) is 12.1 Å². The molecule has 0 fully saturated rings. The third-order valence-corrected chi connectivity index (χ3v) is 1.78. The van der Waals surface area contributed by atoms with Gasteiger partial charge < -0.3 is 10.6 Å². The molecule has 0 aliphatic rings. The zero-order valence-electron chi connectivity index (χ0n) is 8.70. The van der Waals surface area contributed by atoms with Crippen LogP contribution in [0.1, 0.15) is 13.8 Å². The molecule has 80 valence electrons. The minimum atomic E-state index is -0.178. The SMILES string of the molecule is CCNc1ccc(NC(C)=O)cc1N=O. The molecule has 0 saturated heterocycles. The largest absolute Gasteiger partial charge is 0.383 e. The highest BCUT2D eigenvalue weighted by atomic mass is 16.3. The van der Waals surface area contributed by atoms with Crippen LogP contribution in [-0.2, 0) is 4.79 Å². The van der Waals surface area contributed by atoms with Gasteiger partial charge in [0.05, 0.1) is 5.69 Å². The highest BCUT2D eigenvalue weighted by Gasteiger charge is 2.04. The Bertz CT molecular complexity index is 377. The van der Waals surface area contributed by atoms with Crippen molar-refractivity contribution in [3.8, 4) is 0 Å². The summed E-state index contributed by atoms with van der Waals surface area (Å²) in [5.74, 6) is -0.178. The summed E-state index contributed by atoms with van der Waals surface area (Å²) in [7, 11) is 0. The van der Waals surface area contributed by atoms with Crippen LogP contribution in [0.3, 0.4) is 0 Å². The fourth-order valence-corrected chi connectivity index (χ4v) is 1.23. The van der Waals surface area contributed by atoms with Gasteiger partial charge in [0.15, 0.2) is 0 Å². The first kappa shape index (κ1) is 11.2. The van der Waals surface area contributed by atoms with Crippen molar-refractivity contribution in [3.05, 3.63) is 23.1 Å². The van der Waals surface area contributed by atoms with Crippen LogP contribution >= 0.6 is 0 Å². The normalized spacial score (nSPS) is 9.47. The van der Waals surface area contributed by atoms with Gasteiger partial charge in [-0.05, 0) is 30.3 Å². The van der Waals surface area contributed by atoms with Crippen LogP contribution in [0.4, 0.5) is 17.1 Å². The minimum absolute atomic E-state index is 0.178. The van der Waals surface area contributed by atoms with Gasteiger partial charge >= 0.3 is 0 Å². The zero-order valence-corrected chi connectivity index (χ0v) is 8.70. The van der Waals surface area contributed by atoms with E-state index >= 15 is 0 Å². The van der Waals surface area contributed by atoms with Crippen molar-refractivity contribution in [2.75, 3.05) is 17.2 Å². The number of benzene rings is 1. The second-order valence-electron chi connectivity index (χ2n) is 3.03. The molecule has 0 atom stereocenters. The lowest BCUT2D eigenvalue weighted by molar-refractivity contribution is -0.114. The van der Waals surface area contributed by atoms with Crippen molar-refractivity contribution in [3.63, 3.8) is 0 Å². The summed E-state index contributed by atoms with van der Waals surface area (Å²) >= 11 is 0. The molecule has 0 aromatic heterocycles. The van der Waals surface area contributed by atoms with E-state index in [2.05, 4.69) is 15.8 Å². The standard InChI is InChI=1S/C10H13N3O2/c1-3-11-9-5-4-8(12-7(2)14)6-10(9)13-15/h4-6,11H,3H2,1-2H3,(H,12,14). The molecule has 0 saturated carbocycles. The number of hydrogen-bond acceptors (Lipinski definition) is 4. The van der Waals surface area contributed by atoms with E-state index in [0.717, 1.165) is 0 Å². The Morgan fingerprint density at radius 1 is 1.47 bits per heavy atom. The maximum absolute atomic E-state index is 10.8. The van der Waals surface area contributed by atoms with E-state index in [9.17, 15) is 9.70 Å². The van der Waals surface area contributed by atoms with Gasteiger partial charge in [-0.1, -0.05) is 0 Å². The van der Waals surface area contributed by atoms with Crippen LogP contribution in [0, 0.1) is 4.91 Å². The van der Waals surface area contributed by atoms with Crippen molar-refractivity contribution in [1.29, 1.82) is 0 Å². The molecule has 1 rings (SSSR count). The van der Waals surface area contributed by atoms with Gasteiger partial charge in [0.25, 0.3) is 0 Å². The first-order valence-corrected chi connectivity index (χ1v) is 4.66. The monoisotopic (exact) mass is 207 g/mol. The highest BCUT2D eigenvalue weighted by molar-refractivity contribution is 5.90. The highest BCUT2D eigenvalue weighted by Crippen LogP contribution is 2.28. The molecule has 0 spiro atoms. The summed E-state index contributed by atoms with van der Waals surface area (Å²) in [6.45, 7) is 4.05. The van der Waals surface area contributed by atoms with Crippen LogP contribution in [0.25, 0.3) is 0 Å². The van der Waals surface area contributed by atoms with E-state index in [1.165, 1.54) is 13.0 Å². The van der Waals surface area contributed by atoms with Crippen LogP contribution in [-0.4, -0.2) is 12.5 Å². The van der Waals surface area contributed by atoms with E-state index in [-0.39, 0.29) is 5.91 Å². The lowest BCUT2D eigenvalue weighted by atomic mass is 10.2. The number of rotatable bonds is 4. The molecule has 1 amide bonds. The van der Waals surface area contributed by atoms with Crippen molar-refractivity contribution >= 4 is 23.0 Å². The van der Waals surface area contributed by atoms with Gasteiger partial charge in [0.1, 0.15) is 5.69 Å². The molecule has 5 nitrogen and oxygen atoms in total. The first-order chi connectivity index (χ1) is 7.17. The predicted molar refractivity (Wildman–Crippen MR) is 60.4 cm³/mol. The predicted octanol–water partition coefficient (Wildman–Crippen LogP) is 2.47. The number of anilines is 2. The van der Waals surface area contributed by atoms with Crippen molar-refractivity contribution in [1.82, 2.24) is 0 Å². The number of carbonyl (C=O) groups excluding carboxylic acids is 1. The molecule has 1 aromatic carbocycles. The Balaban J connectivity index is 2.96. The molecule has 0 aliphatic heterocycles. The lowest BCUT2D eigenvalue weighted by Crippen LogP contribution is -2.05. The molecule has 0 radical (unpaired) electrons. The number of nitrogens with one attached hydrogen (secondary N) is 2. The zero-order chi connectivity index (χ0) is 11.3. The molecule has 0 aliphatic carbocycles. The molecule has 2 N–H and O–H groups in total. The van der Waals surface area contributed by atoms with Crippen LogP contribution in [0.2, 0.25) is 0 Å². The summed E-state index contributed by atoms with van der Waals surface area (Å²) in [6.07, 6.45) is 0. The van der Waals surface area contributed by atoms with Crippen molar-refractivity contribution in [2.45, 2.75) is 13.8 Å². The summed E-state index contributed by atoms with van der Waals surface area (Å²) in [4.78, 5) is 21.3. The van der Waals surface area contributed by atoms with Gasteiger partial charge in [-0.15, -0.1) is 4.91 Å². The average Bonchev–Trinajstić information content (AvgIpc) is 2.20. The van der Waals surface area contributed by atoms with Crippen molar-refractivity contribution in [2.24, 2.45) is 5.18 Å². The number of amides is 1. The fraction of sp³-hybridized carbons (Fsp3) is 0.300. The minimum Gasteiger partial charge on any atom is -0.383 e. The van der Waals surface area contributed by atoms with Crippen LogP contribution in [0.15, 0.2) is 23.4 Å². The van der Waals surface area contributed by atoms with E-state index < -0.39 is 0 Å². The molecular formula is C10H13N3O2. The third kappa shape index (κ3) is 3.05. The number of hydrogen-bond donors (Lipinski definition) is 2. The van der Waals surface area contributed by atoms with E-state index in [1.807, 2.05) is 6.92 Å². The maximum Gasteiger partial charge on any atom is 0.221 e. The molecule has 5 heteroatoms. The maximum atomic E-state index is 10.8. The van der Waals surface area contributed by atoms with E-state index in [0.29, 0.717) is 23.6 Å². The van der Waals surface area contributed by atoms with Crippen LogP contribution < -0.4 is 10.6 Å². The summed E-state index contributed by atoms with van der Waals surface area (Å²) < 4.78 is 0. The third-order valence-electron chi connectivity index (χ3n) is 1.78. The van der Waals surface area contributed by atoms with Gasteiger partial charge in [0.2, 0.25) is 5.91 Å². The molecule has 0 unspecified atom stereocenters. The lowest BCUT2D eigenvalue weighted by Gasteiger charge is -2.07. The summed E-state index contributed by atoms with van der Waals surface area (Å²) in [6, 6.07) is 4.96. The molecule has 1 aromatic rings. The summed E-state index contributed by atoms with van der Waals surface area (Å²) in [5.41, 5.74) is 1.53. The summed E-state index contributed by atoms with van der Waals surface area (Å²) in [5, 5.41) is 8.48. The Kier molecular flexibility index (Phi) is 3.79. The second kappa shape index (κ2) is 5.09. The van der Waals surface area contributed by atoms with Crippen molar-refractivity contribution < 1.29 is 4.79 Å². The second-order valence-corrected chi connectivity index (χ2v) is 3.03. The smallest absolute Gasteiger partial charge is 0.221 e.